The molecule has 0 aliphatic carbocycles. The first-order valence-corrected chi connectivity index (χ1v) is 7.80. The van der Waals surface area contributed by atoms with Crippen LogP contribution in [0.1, 0.15) is 27.0 Å². The summed E-state index contributed by atoms with van der Waals surface area (Å²) >= 11 is 6.24. The Hall–Kier alpha value is -0.850. The molecule has 0 bridgehead atoms. The third kappa shape index (κ3) is 3.13. The Kier molecular flexibility index (Phi) is 4.42. The molecule has 0 aromatic carbocycles. The van der Waals surface area contributed by atoms with E-state index in [1.54, 1.807) is 11.3 Å². The molecule has 96 valence electrons. The van der Waals surface area contributed by atoms with Gasteiger partial charge < -0.3 is 9.84 Å². The van der Waals surface area contributed by atoms with Gasteiger partial charge in [0.1, 0.15) is 12.4 Å². The Morgan fingerprint density at radius 1 is 1.50 bits per heavy atom. The second-order valence-corrected chi connectivity index (χ2v) is 7.04. The number of aromatic carboxylic acids is 1. The largest absolute Gasteiger partial charge is 0.487 e. The molecule has 0 radical (unpaired) electrons. The first-order valence-electron chi connectivity index (χ1n) is 5.32. The molecule has 2 rings (SSSR count). The zero-order chi connectivity index (χ0) is 13.1. The normalized spacial score (nSPS) is 10.6. The van der Waals surface area contributed by atoms with Gasteiger partial charge in [0.15, 0.2) is 4.88 Å². The Morgan fingerprint density at radius 3 is 2.83 bits per heavy atom. The van der Waals surface area contributed by atoms with E-state index in [9.17, 15) is 4.79 Å². The maximum atomic E-state index is 11.1. The molecule has 2 heterocycles. The SMILES string of the molecule is CCc1cc(OCc2csc(Br)c2)c(C(=O)O)s1. The van der Waals surface area contributed by atoms with Crippen molar-refractivity contribution in [1.82, 2.24) is 0 Å². The Labute approximate surface area is 121 Å². The van der Waals surface area contributed by atoms with Crippen LogP contribution in [-0.2, 0) is 13.0 Å². The molecular weight excluding hydrogens is 336 g/mol. The minimum Gasteiger partial charge on any atom is -0.487 e. The fourth-order valence-corrected chi connectivity index (χ4v) is 3.51. The van der Waals surface area contributed by atoms with Gasteiger partial charge in [-0.1, -0.05) is 6.92 Å². The summed E-state index contributed by atoms with van der Waals surface area (Å²) in [7, 11) is 0. The van der Waals surface area contributed by atoms with Crippen LogP contribution in [-0.4, -0.2) is 11.1 Å². The molecule has 6 heteroatoms. The smallest absolute Gasteiger partial charge is 0.349 e. The van der Waals surface area contributed by atoms with Crippen LogP contribution in [0.4, 0.5) is 0 Å². The second-order valence-electron chi connectivity index (χ2n) is 3.61. The van der Waals surface area contributed by atoms with E-state index >= 15 is 0 Å². The van der Waals surface area contributed by atoms with Gasteiger partial charge in [-0.25, -0.2) is 4.79 Å². The molecule has 0 unspecified atom stereocenters. The van der Waals surface area contributed by atoms with Crippen LogP contribution in [0.25, 0.3) is 0 Å². The van der Waals surface area contributed by atoms with Crippen molar-refractivity contribution in [2.45, 2.75) is 20.0 Å². The van der Waals surface area contributed by atoms with E-state index in [-0.39, 0.29) is 4.88 Å². The fraction of sp³-hybridized carbons (Fsp3) is 0.250. The molecule has 0 saturated carbocycles. The van der Waals surface area contributed by atoms with Gasteiger partial charge in [-0.15, -0.1) is 22.7 Å². The molecule has 2 aromatic rings. The molecule has 0 atom stereocenters. The van der Waals surface area contributed by atoms with E-state index in [1.807, 2.05) is 24.4 Å². The van der Waals surface area contributed by atoms with Gasteiger partial charge in [-0.3, -0.25) is 0 Å². The number of aryl methyl sites for hydroxylation is 1. The molecule has 1 N–H and O–H groups in total. The number of rotatable bonds is 5. The zero-order valence-electron chi connectivity index (χ0n) is 9.60. The molecule has 0 spiro atoms. The predicted molar refractivity (Wildman–Crippen MR) is 77.0 cm³/mol. The Bertz CT molecular complexity index is 559. The maximum absolute atomic E-state index is 11.1. The summed E-state index contributed by atoms with van der Waals surface area (Å²) in [5.41, 5.74) is 1.03. The number of hydrogen-bond acceptors (Lipinski definition) is 4. The third-order valence-electron chi connectivity index (χ3n) is 2.31. The molecule has 0 amide bonds. The number of hydrogen-bond donors (Lipinski definition) is 1. The molecule has 3 nitrogen and oxygen atoms in total. The number of carboxylic acids is 1. The van der Waals surface area contributed by atoms with Gasteiger partial charge in [-0.2, -0.15) is 0 Å². The molecule has 18 heavy (non-hydrogen) atoms. The first-order chi connectivity index (χ1) is 8.60. The fourth-order valence-electron chi connectivity index (χ4n) is 1.44. The van der Waals surface area contributed by atoms with Crippen LogP contribution in [0.3, 0.4) is 0 Å². The van der Waals surface area contributed by atoms with Gasteiger partial charge in [-0.05, 0) is 39.9 Å². The van der Waals surface area contributed by atoms with Crippen molar-refractivity contribution in [2.75, 3.05) is 0 Å². The highest BCUT2D eigenvalue weighted by atomic mass is 79.9. The summed E-state index contributed by atoms with van der Waals surface area (Å²) in [6, 6.07) is 3.79. The van der Waals surface area contributed by atoms with Gasteiger partial charge in [0.25, 0.3) is 0 Å². The number of ether oxygens (including phenoxy) is 1. The summed E-state index contributed by atoms with van der Waals surface area (Å²) < 4.78 is 6.64. The lowest BCUT2D eigenvalue weighted by atomic mass is 10.3. The van der Waals surface area contributed by atoms with Crippen molar-refractivity contribution >= 4 is 44.6 Å². The van der Waals surface area contributed by atoms with Gasteiger partial charge in [0.05, 0.1) is 3.79 Å². The molecule has 0 aliphatic heterocycles. The summed E-state index contributed by atoms with van der Waals surface area (Å²) in [6.45, 7) is 2.39. The first kappa shape index (κ1) is 13.6. The highest BCUT2D eigenvalue weighted by Crippen LogP contribution is 2.31. The lowest BCUT2D eigenvalue weighted by molar-refractivity contribution is 0.0697. The standard InChI is InChI=1S/C12H11BrO3S2/c1-2-8-4-9(11(18-8)12(14)15)16-5-7-3-10(13)17-6-7/h3-4,6H,2,5H2,1H3,(H,14,15). The van der Waals surface area contributed by atoms with Crippen LogP contribution in [0.2, 0.25) is 0 Å². The quantitative estimate of drug-likeness (QED) is 0.871. The lowest BCUT2D eigenvalue weighted by Gasteiger charge is -2.03. The van der Waals surface area contributed by atoms with Crippen molar-refractivity contribution in [1.29, 1.82) is 0 Å². The van der Waals surface area contributed by atoms with Crippen molar-refractivity contribution in [3.63, 3.8) is 0 Å². The molecular formula is C12H11BrO3S2. The molecule has 0 saturated heterocycles. The predicted octanol–water partition coefficient (Wildman–Crippen LogP) is 4.41. The number of carbonyl (C=O) groups is 1. The average Bonchev–Trinajstić information content (AvgIpc) is 2.92. The van der Waals surface area contributed by atoms with E-state index in [0.717, 1.165) is 20.6 Å². The van der Waals surface area contributed by atoms with Gasteiger partial charge >= 0.3 is 5.97 Å². The van der Waals surface area contributed by atoms with Crippen LogP contribution >= 0.6 is 38.6 Å². The van der Waals surface area contributed by atoms with Gasteiger partial charge in [0.2, 0.25) is 0 Å². The maximum Gasteiger partial charge on any atom is 0.349 e. The summed E-state index contributed by atoms with van der Waals surface area (Å²) in [4.78, 5) is 12.4. The van der Waals surface area contributed by atoms with Crippen LogP contribution in [0.5, 0.6) is 5.75 Å². The van der Waals surface area contributed by atoms with E-state index < -0.39 is 5.97 Å². The van der Waals surface area contributed by atoms with Crippen LogP contribution in [0, 0.1) is 0 Å². The number of thiophene rings is 2. The zero-order valence-corrected chi connectivity index (χ0v) is 12.8. The van der Waals surface area contributed by atoms with Gasteiger partial charge in [0, 0.05) is 10.4 Å². The summed E-state index contributed by atoms with van der Waals surface area (Å²) in [5.74, 6) is -0.465. The van der Waals surface area contributed by atoms with Crippen LogP contribution in [0.15, 0.2) is 21.3 Å². The monoisotopic (exact) mass is 346 g/mol. The Balaban J connectivity index is 2.12. The summed E-state index contributed by atoms with van der Waals surface area (Å²) in [5, 5.41) is 11.1. The summed E-state index contributed by atoms with van der Waals surface area (Å²) in [6.07, 6.45) is 0.818. The van der Waals surface area contributed by atoms with Crippen molar-refractivity contribution in [3.8, 4) is 5.75 Å². The van der Waals surface area contributed by atoms with Crippen molar-refractivity contribution in [2.24, 2.45) is 0 Å². The number of halogens is 1. The molecule has 2 aromatic heterocycles. The molecule has 0 aliphatic rings. The van der Waals surface area contributed by atoms with Crippen molar-refractivity contribution in [3.05, 3.63) is 36.6 Å². The van der Waals surface area contributed by atoms with Crippen LogP contribution < -0.4 is 4.74 Å². The van der Waals surface area contributed by atoms with E-state index in [1.165, 1.54) is 11.3 Å². The minimum atomic E-state index is -0.929. The second kappa shape index (κ2) is 5.86. The lowest BCUT2D eigenvalue weighted by Crippen LogP contribution is -1.99. The number of carboxylic acid groups (broad SMARTS) is 1. The van der Waals surface area contributed by atoms with Crippen molar-refractivity contribution < 1.29 is 14.6 Å². The third-order valence-corrected chi connectivity index (χ3v) is 5.11. The average molecular weight is 347 g/mol. The highest BCUT2D eigenvalue weighted by molar-refractivity contribution is 9.11. The van der Waals surface area contributed by atoms with E-state index in [4.69, 9.17) is 9.84 Å². The highest BCUT2D eigenvalue weighted by Gasteiger charge is 2.16. The topological polar surface area (TPSA) is 46.5 Å². The van der Waals surface area contributed by atoms with E-state index in [0.29, 0.717) is 12.4 Å². The Morgan fingerprint density at radius 2 is 2.28 bits per heavy atom. The minimum absolute atomic E-state index is 0.279. The van der Waals surface area contributed by atoms with E-state index in [2.05, 4.69) is 15.9 Å². The molecule has 0 fully saturated rings.